The lowest BCUT2D eigenvalue weighted by Crippen LogP contribution is -2.44. The van der Waals surface area contributed by atoms with Crippen molar-refractivity contribution in [3.63, 3.8) is 0 Å². The van der Waals surface area contributed by atoms with Gasteiger partial charge >= 0.3 is 0 Å². The maximum Gasteiger partial charge on any atom is 0.243 e. The number of primary amides is 1. The van der Waals surface area contributed by atoms with E-state index in [9.17, 15) is 13.2 Å². The zero-order chi connectivity index (χ0) is 15.6. The van der Waals surface area contributed by atoms with Gasteiger partial charge in [0.25, 0.3) is 0 Å². The predicted molar refractivity (Wildman–Crippen MR) is 83.9 cm³/mol. The van der Waals surface area contributed by atoms with Crippen LogP contribution in [0.5, 0.6) is 0 Å². The molecule has 0 aromatic heterocycles. The van der Waals surface area contributed by atoms with Crippen molar-refractivity contribution in [3.05, 3.63) is 22.7 Å². The Hall–Kier alpha value is -1.12. The molecule has 116 valence electrons. The van der Waals surface area contributed by atoms with E-state index in [0.29, 0.717) is 10.2 Å². The maximum absolute atomic E-state index is 12.8. The van der Waals surface area contributed by atoms with Crippen LogP contribution in [0.25, 0.3) is 0 Å². The number of nitrogens with two attached hydrogens (primary N) is 2. The molecule has 0 radical (unpaired) electrons. The average molecular weight is 376 g/mol. The standard InChI is InChI=1S/C13H18BrN3O3S/c14-11-7-10(5-6-12(11)15)21(19,20)17(8-13(16)18)9-3-1-2-4-9/h5-7,9H,1-4,8,15H2,(H2,16,18). The third kappa shape index (κ3) is 3.56. The molecule has 1 saturated carbocycles. The van der Waals surface area contributed by atoms with Crippen molar-refractivity contribution in [2.24, 2.45) is 5.73 Å². The minimum atomic E-state index is -3.77. The molecule has 1 aromatic carbocycles. The number of halogens is 1. The van der Waals surface area contributed by atoms with Gasteiger partial charge in [-0.3, -0.25) is 4.79 Å². The number of nitrogens with zero attached hydrogens (tertiary/aromatic N) is 1. The van der Waals surface area contributed by atoms with Gasteiger partial charge in [0.05, 0.1) is 11.4 Å². The lowest BCUT2D eigenvalue weighted by molar-refractivity contribution is -0.118. The Balaban J connectivity index is 2.40. The highest BCUT2D eigenvalue weighted by Crippen LogP contribution is 2.30. The Morgan fingerprint density at radius 1 is 1.33 bits per heavy atom. The highest BCUT2D eigenvalue weighted by molar-refractivity contribution is 9.10. The Morgan fingerprint density at radius 3 is 2.48 bits per heavy atom. The van der Waals surface area contributed by atoms with Crippen molar-refractivity contribution in [2.75, 3.05) is 12.3 Å². The number of anilines is 1. The minimum absolute atomic E-state index is 0.108. The molecule has 4 N–H and O–H groups in total. The smallest absolute Gasteiger partial charge is 0.243 e. The molecule has 8 heteroatoms. The minimum Gasteiger partial charge on any atom is -0.398 e. The first kappa shape index (κ1) is 16.3. The van der Waals surface area contributed by atoms with Crippen LogP contribution >= 0.6 is 15.9 Å². The molecule has 0 spiro atoms. The van der Waals surface area contributed by atoms with E-state index in [1.807, 2.05) is 0 Å². The van der Waals surface area contributed by atoms with Gasteiger partial charge in [0.15, 0.2) is 0 Å². The lowest BCUT2D eigenvalue weighted by Gasteiger charge is -2.27. The van der Waals surface area contributed by atoms with E-state index >= 15 is 0 Å². The van der Waals surface area contributed by atoms with Crippen molar-refractivity contribution in [3.8, 4) is 0 Å². The summed E-state index contributed by atoms with van der Waals surface area (Å²) in [5.74, 6) is -0.653. The van der Waals surface area contributed by atoms with Crippen molar-refractivity contribution >= 4 is 37.5 Å². The Bertz CT molecular complexity index is 642. The predicted octanol–water partition coefficient (Wildman–Crippen LogP) is 1.45. The third-order valence-corrected chi connectivity index (χ3v) is 6.20. The molecule has 1 aromatic rings. The second-order valence-electron chi connectivity index (χ2n) is 5.14. The molecular weight excluding hydrogens is 358 g/mol. The Kier molecular flexibility index (Phi) is 4.90. The molecule has 2 rings (SSSR count). The molecule has 1 amide bonds. The number of nitrogen functional groups attached to an aromatic ring is 1. The molecule has 0 aliphatic heterocycles. The number of sulfonamides is 1. The van der Waals surface area contributed by atoms with E-state index < -0.39 is 15.9 Å². The first-order valence-electron chi connectivity index (χ1n) is 6.67. The van der Waals surface area contributed by atoms with Gasteiger partial charge in [-0.15, -0.1) is 0 Å². The molecule has 1 fully saturated rings. The summed E-state index contributed by atoms with van der Waals surface area (Å²) in [6.07, 6.45) is 3.42. The normalized spacial score (nSPS) is 16.5. The Labute approximate surface area is 132 Å². The fourth-order valence-corrected chi connectivity index (χ4v) is 4.77. The van der Waals surface area contributed by atoms with Crippen LogP contribution in [0.4, 0.5) is 5.69 Å². The van der Waals surface area contributed by atoms with Crippen LogP contribution in [0.2, 0.25) is 0 Å². The van der Waals surface area contributed by atoms with Gasteiger partial charge in [0, 0.05) is 16.2 Å². The molecule has 0 unspecified atom stereocenters. The molecule has 1 aliphatic carbocycles. The van der Waals surface area contributed by atoms with E-state index in [-0.39, 0.29) is 17.5 Å². The molecule has 6 nitrogen and oxygen atoms in total. The quantitative estimate of drug-likeness (QED) is 0.759. The number of rotatable bonds is 5. The first-order valence-corrected chi connectivity index (χ1v) is 8.91. The van der Waals surface area contributed by atoms with E-state index in [1.165, 1.54) is 22.5 Å². The summed E-state index contributed by atoms with van der Waals surface area (Å²) >= 11 is 3.22. The van der Waals surface area contributed by atoms with Crippen molar-refractivity contribution in [1.82, 2.24) is 4.31 Å². The average Bonchev–Trinajstić information content (AvgIpc) is 2.92. The number of amides is 1. The van der Waals surface area contributed by atoms with E-state index in [1.54, 1.807) is 0 Å². The maximum atomic E-state index is 12.8. The van der Waals surface area contributed by atoms with Crippen LogP contribution in [0.3, 0.4) is 0 Å². The molecule has 1 aliphatic rings. The van der Waals surface area contributed by atoms with Gasteiger partial charge in [0.2, 0.25) is 15.9 Å². The summed E-state index contributed by atoms with van der Waals surface area (Å²) in [7, 11) is -3.77. The molecule has 0 saturated heterocycles. The van der Waals surface area contributed by atoms with Gasteiger partial charge in [-0.25, -0.2) is 8.42 Å². The van der Waals surface area contributed by atoms with Crippen LogP contribution in [0.1, 0.15) is 25.7 Å². The van der Waals surface area contributed by atoms with Crippen LogP contribution in [-0.4, -0.2) is 31.2 Å². The second-order valence-corrected chi connectivity index (χ2v) is 7.88. The summed E-state index contributed by atoms with van der Waals surface area (Å²) in [6, 6.07) is 4.25. The van der Waals surface area contributed by atoms with E-state index in [4.69, 9.17) is 11.5 Å². The molecule has 0 atom stereocenters. The number of hydrogen-bond donors (Lipinski definition) is 2. The van der Waals surface area contributed by atoms with Crippen molar-refractivity contribution < 1.29 is 13.2 Å². The van der Waals surface area contributed by atoms with Gasteiger partial charge in [-0.05, 0) is 47.0 Å². The molecular formula is C13H18BrN3O3S. The van der Waals surface area contributed by atoms with Crippen molar-refractivity contribution in [2.45, 2.75) is 36.6 Å². The SMILES string of the molecule is NC(=O)CN(C1CCCC1)S(=O)(=O)c1ccc(N)c(Br)c1. The monoisotopic (exact) mass is 375 g/mol. The van der Waals surface area contributed by atoms with Gasteiger partial charge in [-0.1, -0.05) is 12.8 Å². The van der Waals surface area contributed by atoms with E-state index in [2.05, 4.69) is 15.9 Å². The fraction of sp³-hybridized carbons (Fsp3) is 0.462. The number of carbonyl (C=O) groups is 1. The second kappa shape index (κ2) is 6.33. The van der Waals surface area contributed by atoms with Crippen LogP contribution in [0.15, 0.2) is 27.6 Å². The largest absolute Gasteiger partial charge is 0.398 e. The molecule has 0 bridgehead atoms. The number of carbonyl (C=O) groups excluding carboxylic acids is 1. The Morgan fingerprint density at radius 2 is 1.95 bits per heavy atom. The fourth-order valence-electron chi connectivity index (χ4n) is 2.56. The third-order valence-electron chi connectivity index (χ3n) is 3.62. The summed E-state index contributed by atoms with van der Waals surface area (Å²) in [5.41, 5.74) is 11.4. The number of benzene rings is 1. The summed E-state index contributed by atoms with van der Waals surface area (Å²) in [4.78, 5) is 11.4. The summed E-state index contributed by atoms with van der Waals surface area (Å²) < 4.78 is 27.3. The van der Waals surface area contributed by atoms with Gasteiger partial charge in [-0.2, -0.15) is 4.31 Å². The van der Waals surface area contributed by atoms with Crippen LogP contribution in [0, 0.1) is 0 Å². The van der Waals surface area contributed by atoms with Crippen LogP contribution in [-0.2, 0) is 14.8 Å². The zero-order valence-corrected chi connectivity index (χ0v) is 13.9. The molecule has 21 heavy (non-hydrogen) atoms. The van der Waals surface area contributed by atoms with E-state index in [0.717, 1.165) is 25.7 Å². The van der Waals surface area contributed by atoms with Crippen LogP contribution < -0.4 is 11.5 Å². The number of hydrogen-bond acceptors (Lipinski definition) is 4. The summed E-state index contributed by atoms with van der Waals surface area (Å²) in [6.45, 7) is -0.297. The molecule has 0 heterocycles. The van der Waals surface area contributed by atoms with Gasteiger partial charge in [0.1, 0.15) is 0 Å². The van der Waals surface area contributed by atoms with Gasteiger partial charge < -0.3 is 11.5 Å². The van der Waals surface area contributed by atoms with Crippen molar-refractivity contribution in [1.29, 1.82) is 0 Å². The zero-order valence-electron chi connectivity index (χ0n) is 11.5. The topological polar surface area (TPSA) is 106 Å². The first-order chi connectivity index (χ1) is 9.82. The highest BCUT2D eigenvalue weighted by Gasteiger charge is 2.34. The highest BCUT2D eigenvalue weighted by atomic mass is 79.9. The lowest BCUT2D eigenvalue weighted by atomic mass is 10.2. The summed E-state index contributed by atoms with van der Waals surface area (Å²) in [5, 5.41) is 0.